The lowest BCUT2D eigenvalue weighted by atomic mass is 9.98. The van der Waals surface area contributed by atoms with Crippen LogP contribution in [0.2, 0.25) is 0 Å². The number of aromatic nitrogens is 4. The first-order chi connectivity index (χ1) is 9.72. The van der Waals surface area contributed by atoms with Crippen LogP contribution >= 0.6 is 0 Å². The van der Waals surface area contributed by atoms with Gasteiger partial charge in [0.2, 0.25) is 0 Å². The number of piperidine rings is 1. The molecule has 0 spiro atoms. The number of nitrogens with one attached hydrogen (secondary N) is 1. The zero-order chi connectivity index (χ0) is 13.9. The van der Waals surface area contributed by atoms with E-state index < -0.39 is 0 Å². The van der Waals surface area contributed by atoms with Crippen LogP contribution in [0, 0.1) is 0 Å². The zero-order valence-electron chi connectivity index (χ0n) is 11.9. The van der Waals surface area contributed by atoms with Crippen LogP contribution in [-0.2, 0) is 0 Å². The molecule has 0 bridgehead atoms. The Morgan fingerprint density at radius 3 is 3.00 bits per heavy atom. The van der Waals surface area contributed by atoms with Crippen LogP contribution < -0.4 is 5.32 Å². The zero-order valence-corrected chi connectivity index (χ0v) is 11.9. The largest absolute Gasteiger partial charge is 0.382 e. The van der Waals surface area contributed by atoms with Gasteiger partial charge in [0, 0.05) is 24.3 Å². The SMILES string of the molecule is CC1CC(Nc2cccc(-n3cnnn3)c2)CCN1C. The van der Waals surface area contributed by atoms with E-state index in [1.807, 2.05) is 12.1 Å². The number of nitrogens with zero attached hydrogens (tertiary/aromatic N) is 5. The minimum absolute atomic E-state index is 0.533. The first-order valence-electron chi connectivity index (χ1n) is 7.02. The second-order valence-corrected chi connectivity index (χ2v) is 5.50. The van der Waals surface area contributed by atoms with Crippen molar-refractivity contribution in [3.8, 4) is 5.69 Å². The van der Waals surface area contributed by atoms with E-state index in [2.05, 4.69) is 51.8 Å². The monoisotopic (exact) mass is 272 g/mol. The molecule has 2 aromatic rings. The lowest BCUT2D eigenvalue weighted by Gasteiger charge is -2.35. The van der Waals surface area contributed by atoms with Crippen molar-refractivity contribution < 1.29 is 0 Å². The highest BCUT2D eigenvalue weighted by molar-refractivity contribution is 5.51. The van der Waals surface area contributed by atoms with Gasteiger partial charge in [0.1, 0.15) is 6.33 Å². The van der Waals surface area contributed by atoms with Crippen molar-refractivity contribution in [1.29, 1.82) is 0 Å². The summed E-state index contributed by atoms with van der Waals surface area (Å²) in [5.74, 6) is 0. The van der Waals surface area contributed by atoms with Crippen LogP contribution in [0.25, 0.3) is 5.69 Å². The molecule has 1 N–H and O–H groups in total. The van der Waals surface area contributed by atoms with Crippen LogP contribution in [0.15, 0.2) is 30.6 Å². The number of tetrazole rings is 1. The minimum Gasteiger partial charge on any atom is -0.382 e. The topological polar surface area (TPSA) is 58.9 Å². The maximum Gasteiger partial charge on any atom is 0.143 e. The standard InChI is InChI=1S/C14H20N6/c1-11-8-13(6-7-19(11)2)16-12-4-3-5-14(9-12)20-10-15-17-18-20/h3-5,9-11,13,16H,6-8H2,1-2H3. The molecule has 1 saturated heterocycles. The lowest BCUT2D eigenvalue weighted by molar-refractivity contribution is 0.190. The number of hydrogen-bond donors (Lipinski definition) is 1. The molecule has 2 unspecified atom stereocenters. The fraction of sp³-hybridized carbons (Fsp3) is 0.500. The summed E-state index contributed by atoms with van der Waals surface area (Å²) < 4.78 is 1.67. The molecule has 6 heteroatoms. The number of anilines is 1. The molecule has 1 aromatic carbocycles. The van der Waals surface area contributed by atoms with Crippen molar-refractivity contribution in [3.63, 3.8) is 0 Å². The highest BCUT2D eigenvalue weighted by Gasteiger charge is 2.22. The highest BCUT2D eigenvalue weighted by Crippen LogP contribution is 2.21. The summed E-state index contributed by atoms with van der Waals surface area (Å²) in [5.41, 5.74) is 2.10. The van der Waals surface area contributed by atoms with E-state index in [4.69, 9.17) is 0 Å². The molecule has 1 fully saturated rings. The van der Waals surface area contributed by atoms with E-state index in [0.717, 1.165) is 17.9 Å². The summed E-state index contributed by atoms with van der Waals surface area (Å²) in [7, 11) is 2.19. The van der Waals surface area contributed by atoms with Crippen LogP contribution in [0.5, 0.6) is 0 Å². The Bertz CT molecular complexity index is 553. The molecule has 6 nitrogen and oxygen atoms in total. The third kappa shape index (κ3) is 2.80. The van der Waals surface area contributed by atoms with Gasteiger partial charge in [-0.1, -0.05) is 6.07 Å². The average molecular weight is 272 g/mol. The van der Waals surface area contributed by atoms with Crippen LogP contribution in [-0.4, -0.2) is 50.8 Å². The molecule has 1 aliphatic rings. The Hall–Kier alpha value is -1.95. The van der Waals surface area contributed by atoms with E-state index in [9.17, 15) is 0 Å². The fourth-order valence-corrected chi connectivity index (χ4v) is 2.67. The van der Waals surface area contributed by atoms with Crippen molar-refractivity contribution in [2.75, 3.05) is 18.9 Å². The third-order valence-corrected chi connectivity index (χ3v) is 4.04. The summed E-state index contributed by atoms with van der Waals surface area (Å²) in [6, 6.07) is 9.36. The van der Waals surface area contributed by atoms with E-state index in [1.54, 1.807) is 11.0 Å². The van der Waals surface area contributed by atoms with E-state index in [1.165, 1.54) is 12.8 Å². The van der Waals surface area contributed by atoms with Crippen molar-refractivity contribution in [2.24, 2.45) is 0 Å². The summed E-state index contributed by atoms with van der Waals surface area (Å²) in [6.45, 7) is 3.43. The van der Waals surface area contributed by atoms with Crippen LogP contribution in [0.1, 0.15) is 19.8 Å². The van der Waals surface area contributed by atoms with Crippen LogP contribution in [0.3, 0.4) is 0 Å². The lowest BCUT2D eigenvalue weighted by Crippen LogP contribution is -2.42. The van der Waals surface area contributed by atoms with Crippen molar-refractivity contribution >= 4 is 5.69 Å². The Labute approximate surface area is 118 Å². The molecule has 0 saturated carbocycles. The number of benzene rings is 1. The minimum atomic E-state index is 0.533. The first kappa shape index (κ1) is 13.1. The molecule has 3 rings (SSSR count). The summed E-state index contributed by atoms with van der Waals surface area (Å²) in [4.78, 5) is 2.41. The third-order valence-electron chi connectivity index (χ3n) is 4.04. The molecule has 20 heavy (non-hydrogen) atoms. The summed E-state index contributed by atoms with van der Waals surface area (Å²) >= 11 is 0. The van der Waals surface area contributed by atoms with Gasteiger partial charge in [-0.3, -0.25) is 0 Å². The van der Waals surface area contributed by atoms with E-state index in [0.29, 0.717) is 12.1 Å². The number of rotatable bonds is 3. The Balaban J connectivity index is 1.70. The van der Waals surface area contributed by atoms with Gasteiger partial charge >= 0.3 is 0 Å². The molecule has 0 amide bonds. The van der Waals surface area contributed by atoms with Crippen molar-refractivity contribution in [3.05, 3.63) is 30.6 Å². The molecular weight excluding hydrogens is 252 g/mol. The molecule has 1 aromatic heterocycles. The van der Waals surface area contributed by atoms with Crippen molar-refractivity contribution in [2.45, 2.75) is 31.8 Å². The van der Waals surface area contributed by atoms with Gasteiger partial charge < -0.3 is 10.2 Å². The molecular formula is C14H20N6. The normalized spacial score (nSPS) is 23.7. The van der Waals surface area contributed by atoms with Gasteiger partial charge in [0.25, 0.3) is 0 Å². The van der Waals surface area contributed by atoms with E-state index in [-0.39, 0.29) is 0 Å². The van der Waals surface area contributed by atoms with Gasteiger partial charge in [-0.2, -0.15) is 0 Å². The molecule has 106 valence electrons. The maximum absolute atomic E-state index is 3.92. The fourth-order valence-electron chi connectivity index (χ4n) is 2.67. The molecule has 0 aliphatic carbocycles. The summed E-state index contributed by atoms with van der Waals surface area (Å²) in [6.07, 6.45) is 3.96. The van der Waals surface area contributed by atoms with Crippen molar-refractivity contribution in [1.82, 2.24) is 25.1 Å². The predicted octanol–water partition coefficient (Wildman–Crippen LogP) is 1.56. The average Bonchev–Trinajstić information content (AvgIpc) is 2.97. The van der Waals surface area contributed by atoms with Gasteiger partial charge in [-0.05, 0) is 55.4 Å². The molecule has 2 heterocycles. The van der Waals surface area contributed by atoms with Gasteiger partial charge in [-0.15, -0.1) is 5.10 Å². The predicted molar refractivity (Wildman–Crippen MR) is 77.9 cm³/mol. The summed E-state index contributed by atoms with van der Waals surface area (Å²) in [5, 5.41) is 14.9. The van der Waals surface area contributed by atoms with Gasteiger partial charge in [0.05, 0.1) is 5.69 Å². The Morgan fingerprint density at radius 1 is 1.35 bits per heavy atom. The second-order valence-electron chi connectivity index (χ2n) is 5.50. The van der Waals surface area contributed by atoms with Gasteiger partial charge in [-0.25, -0.2) is 4.68 Å². The Kier molecular flexibility index (Phi) is 3.64. The smallest absolute Gasteiger partial charge is 0.143 e. The Morgan fingerprint density at radius 2 is 2.25 bits per heavy atom. The number of likely N-dealkylation sites (tertiary alicyclic amines) is 1. The second kappa shape index (κ2) is 5.58. The first-order valence-corrected chi connectivity index (χ1v) is 7.02. The number of hydrogen-bond acceptors (Lipinski definition) is 5. The molecule has 2 atom stereocenters. The highest BCUT2D eigenvalue weighted by atomic mass is 15.5. The quantitative estimate of drug-likeness (QED) is 0.919. The van der Waals surface area contributed by atoms with Crippen LogP contribution in [0.4, 0.5) is 5.69 Å². The maximum atomic E-state index is 3.92. The molecule has 0 radical (unpaired) electrons. The molecule has 1 aliphatic heterocycles. The van der Waals surface area contributed by atoms with E-state index >= 15 is 0 Å². The van der Waals surface area contributed by atoms with Gasteiger partial charge in [0.15, 0.2) is 0 Å².